The van der Waals surface area contributed by atoms with Crippen molar-refractivity contribution in [3.05, 3.63) is 53.6 Å². The van der Waals surface area contributed by atoms with Crippen molar-refractivity contribution < 1.29 is 27.4 Å². The highest BCUT2D eigenvalue weighted by atomic mass is 19.4. The van der Waals surface area contributed by atoms with Crippen LogP contribution in [-0.2, 0) is 13.0 Å². The van der Waals surface area contributed by atoms with Crippen LogP contribution in [0.4, 0.5) is 13.2 Å². The zero-order chi connectivity index (χ0) is 20.6. The lowest BCUT2D eigenvalue weighted by Crippen LogP contribution is -2.33. The molecule has 2 rings (SSSR count). The van der Waals surface area contributed by atoms with E-state index >= 15 is 0 Å². The summed E-state index contributed by atoms with van der Waals surface area (Å²) in [6.07, 6.45) is -4.12. The van der Waals surface area contributed by atoms with Crippen LogP contribution < -0.4 is 25.3 Å². The van der Waals surface area contributed by atoms with Crippen LogP contribution in [0.5, 0.6) is 17.2 Å². The third-order valence-electron chi connectivity index (χ3n) is 3.76. The van der Waals surface area contributed by atoms with Crippen LogP contribution in [-0.4, -0.2) is 33.1 Å². The smallest absolute Gasteiger partial charge is 0.493 e. The van der Waals surface area contributed by atoms with Gasteiger partial charge in [0, 0.05) is 6.54 Å². The fraction of sp³-hybridized carbons (Fsp3) is 0.316. The molecule has 0 saturated carbocycles. The molecule has 0 heterocycles. The maximum absolute atomic E-state index is 12.1. The number of alkyl halides is 3. The van der Waals surface area contributed by atoms with Gasteiger partial charge >= 0.3 is 6.36 Å². The van der Waals surface area contributed by atoms with Gasteiger partial charge in [0.15, 0.2) is 17.5 Å². The molecule has 0 radical (unpaired) electrons. The van der Waals surface area contributed by atoms with Crippen LogP contribution in [0.2, 0.25) is 0 Å². The predicted octanol–water partition coefficient (Wildman–Crippen LogP) is 3.25. The molecule has 0 aromatic heterocycles. The molecule has 28 heavy (non-hydrogen) atoms. The summed E-state index contributed by atoms with van der Waals surface area (Å²) in [4.78, 5) is 4.25. The number of halogens is 3. The highest BCUT2D eigenvalue weighted by molar-refractivity contribution is 5.77. The highest BCUT2D eigenvalue weighted by Gasteiger charge is 2.30. The molecular formula is C19H22F3N3O3. The molecule has 152 valence electrons. The number of rotatable bonds is 8. The SMILES string of the molecule is COc1ccc(CN=C(N)NCCc2ccc(OC(F)(F)F)cc2)cc1OC. The average molecular weight is 397 g/mol. The quantitative estimate of drug-likeness (QED) is 0.528. The molecule has 0 spiro atoms. The predicted molar refractivity (Wildman–Crippen MR) is 99.7 cm³/mol. The minimum atomic E-state index is -4.69. The summed E-state index contributed by atoms with van der Waals surface area (Å²) >= 11 is 0. The van der Waals surface area contributed by atoms with Gasteiger partial charge in [0.2, 0.25) is 0 Å². The Balaban J connectivity index is 1.81. The van der Waals surface area contributed by atoms with E-state index in [1.54, 1.807) is 32.4 Å². The van der Waals surface area contributed by atoms with E-state index in [4.69, 9.17) is 15.2 Å². The van der Waals surface area contributed by atoms with E-state index in [1.165, 1.54) is 12.1 Å². The number of guanidine groups is 1. The number of nitrogens with two attached hydrogens (primary N) is 1. The van der Waals surface area contributed by atoms with Gasteiger partial charge in [-0.15, -0.1) is 13.2 Å². The normalized spacial score (nSPS) is 11.8. The first-order valence-corrected chi connectivity index (χ1v) is 8.40. The van der Waals surface area contributed by atoms with E-state index in [9.17, 15) is 13.2 Å². The Morgan fingerprint density at radius 3 is 2.25 bits per heavy atom. The van der Waals surface area contributed by atoms with E-state index in [-0.39, 0.29) is 11.7 Å². The van der Waals surface area contributed by atoms with Crippen molar-refractivity contribution in [1.82, 2.24) is 5.32 Å². The third-order valence-corrected chi connectivity index (χ3v) is 3.76. The molecule has 2 aromatic carbocycles. The zero-order valence-corrected chi connectivity index (χ0v) is 15.5. The van der Waals surface area contributed by atoms with Crippen molar-refractivity contribution in [1.29, 1.82) is 0 Å². The minimum absolute atomic E-state index is 0.250. The summed E-state index contributed by atoms with van der Waals surface area (Å²) < 4.78 is 50.7. The second kappa shape index (κ2) is 9.72. The second-order valence-electron chi connectivity index (χ2n) is 5.76. The molecule has 0 unspecified atom stereocenters. The number of aliphatic imine (C=N–C) groups is 1. The number of hydrogen-bond donors (Lipinski definition) is 2. The molecule has 0 saturated heterocycles. The molecule has 6 nitrogen and oxygen atoms in total. The number of hydrogen-bond acceptors (Lipinski definition) is 4. The lowest BCUT2D eigenvalue weighted by molar-refractivity contribution is -0.274. The number of ether oxygens (including phenoxy) is 3. The minimum Gasteiger partial charge on any atom is -0.493 e. The van der Waals surface area contributed by atoms with E-state index in [1.807, 2.05) is 12.1 Å². The van der Waals surface area contributed by atoms with Crippen LogP contribution in [0.15, 0.2) is 47.5 Å². The van der Waals surface area contributed by atoms with Gasteiger partial charge in [0.25, 0.3) is 0 Å². The Labute approximate surface area is 161 Å². The van der Waals surface area contributed by atoms with Crippen LogP contribution in [0.3, 0.4) is 0 Å². The van der Waals surface area contributed by atoms with Gasteiger partial charge in [-0.2, -0.15) is 0 Å². The topological polar surface area (TPSA) is 78.1 Å². The Hall–Kier alpha value is -3.10. The molecule has 3 N–H and O–H groups in total. The second-order valence-corrected chi connectivity index (χ2v) is 5.76. The van der Waals surface area contributed by atoms with Crippen molar-refractivity contribution in [2.45, 2.75) is 19.3 Å². The first kappa shape index (κ1) is 21.2. The lowest BCUT2D eigenvalue weighted by atomic mass is 10.1. The van der Waals surface area contributed by atoms with Gasteiger partial charge < -0.3 is 25.3 Å². The van der Waals surface area contributed by atoms with Crippen molar-refractivity contribution in [3.63, 3.8) is 0 Å². The largest absolute Gasteiger partial charge is 0.573 e. The van der Waals surface area contributed by atoms with Gasteiger partial charge in [-0.25, -0.2) is 4.99 Å². The summed E-state index contributed by atoms with van der Waals surface area (Å²) in [5.41, 5.74) is 7.59. The molecule has 0 fully saturated rings. The van der Waals surface area contributed by atoms with Crippen LogP contribution >= 0.6 is 0 Å². The van der Waals surface area contributed by atoms with Gasteiger partial charge in [-0.1, -0.05) is 18.2 Å². The lowest BCUT2D eigenvalue weighted by Gasteiger charge is -2.10. The molecule has 0 aliphatic rings. The van der Waals surface area contributed by atoms with Crippen LogP contribution in [0.25, 0.3) is 0 Å². The van der Waals surface area contributed by atoms with Gasteiger partial charge in [-0.05, 0) is 41.8 Å². The van der Waals surface area contributed by atoms with E-state index in [2.05, 4.69) is 15.0 Å². The highest BCUT2D eigenvalue weighted by Crippen LogP contribution is 2.27. The Kier molecular flexibility index (Phi) is 7.36. The zero-order valence-electron chi connectivity index (χ0n) is 15.5. The molecule has 0 bridgehead atoms. The monoisotopic (exact) mass is 397 g/mol. The fourth-order valence-corrected chi connectivity index (χ4v) is 2.40. The number of benzene rings is 2. The Morgan fingerprint density at radius 2 is 1.64 bits per heavy atom. The van der Waals surface area contributed by atoms with Crippen molar-refractivity contribution >= 4 is 5.96 Å². The summed E-state index contributed by atoms with van der Waals surface area (Å²) in [5.74, 6) is 1.26. The van der Waals surface area contributed by atoms with Gasteiger partial charge in [0.05, 0.1) is 20.8 Å². The molecular weight excluding hydrogens is 375 g/mol. The number of nitrogens with zero attached hydrogens (tertiary/aromatic N) is 1. The molecule has 0 amide bonds. The summed E-state index contributed by atoms with van der Waals surface area (Å²) in [6.45, 7) is 0.851. The van der Waals surface area contributed by atoms with Crippen molar-refractivity contribution in [3.8, 4) is 17.2 Å². The number of methoxy groups -OCH3 is 2. The maximum atomic E-state index is 12.1. The summed E-state index contributed by atoms with van der Waals surface area (Å²) in [6, 6.07) is 11.2. The van der Waals surface area contributed by atoms with E-state index in [0.29, 0.717) is 31.0 Å². The third kappa shape index (κ3) is 6.90. The molecule has 2 aromatic rings. The molecule has 0 aliphatic carbocycles. The van der Waals surface area contributed by atoms with Gasteiger partial charge in [0.1, 0.15) is 5.75 Å². The standard InChI is InChI=1S/C19H22F3N3O3/c1-26-16-8-5-14(11-17(16)27-2)12-25-18(23)24-10-9-13-3-6-15(7-4-13)28-19(20,21)22/h3-8,11H,9-10,12H2,1-2H3,(H3,23,24,25). The Bertz CT molecular complexity index is 793. The molecule has 0 aliphatic heterocycles. The summed E-state index contributed by atoms with van der Waals surface area (Å²) in [7, 11) is 3.12. The first-order valence-electron chi connectivity index (χ1n) is 8.40. The van der Waals surface area contributed by atoms with Crippen LogP contribution in [0.1, 0.15) is 11.1 Å². The maximum Gasteiger partial charge on any atom is 0.573 e. The fourth-order valence-electron chi connectivity index (χ4n) is 2.40. The first-order chi connectivity index (χ1) is 13.3. The molecule has 0 atom stereocenters. The average Bonchev–Trinajstić information content (AvgIpc) is 2.66. The van der Waals surface area contributed by atoms with Crippen molar-refractivity contribution in [2.75, 3.05) is 20.8 Å². The van der Waals surface area contributed by atoms with E-state index < -0.39 is 6.36 Å². The van der Waals surface area contributed by atoms with Gasteiger partial charge in [-0.3, -0.25) is 0 Å². The molecule has 9 heteroatoms. The Morgan fingerprint density at radius 1 is 1.00 bits per heavy atom. The van der Waals surface area contributed by atoms with Crippen LogP contribution in [0, 0.1) is 0 Å². The van der Waals surface area contributed by atoms with E-state index in [0.717, 1.165) is 11.1 Å². The van der Waals surface area contributed by atoms with Crippen molar-refractivity contribution in [2.24, 2.45) is 10.7 Å². The summed E-state index contributed by atoms with van der Waals surface area (Å²) in [5, 5.41) is 2.97. The number of nitrogens with one attached hydrogen (secondary N) is 1.